The van der Waals surface area contributed by atoms with Crippen LogP contribution in [0.1, 0.15) is 28.7 Å². The molecule has 19 heavy (non-hydrogen) atoms. The van der Waals surface area contributed by atoms with Gasteiger partial charge in [-0.05, 0) is 29.8 Å². The molecule has 0 aliphatic heterocycles. The van der Waals surface area contributed by atoms with E-state index in [9.17, 15) is 4.79 Å². The van der Waals surface area contributed by atoms with Gasteiger partial charge in [0.15, 0.2) is 0 Å². The molecule has 0 atom stereocenters. The molecule has 7 heteroatoms. The van der Waals surface area contributed by atoms with Crippen molar-refractivity contribution < 1.29 is 4.79 Å². The van der Waals surface area contributed by atoms with Gasteiger partial charge in [0.25, 0.3) is 5.91 Å². The largest absolute Gasteiger partial charge is 0.346 e. The molecule has 6 nitrogen and oxygen atoms in total. The summed E-state index contributed by atoms with van der Waals surface area (Å²) in [6.45, 7) is 5.02. The van der Waals surface area contributed by atoms with Crippen molar-refractivity contribution in [1.82, 2.24) is 24.9 Å². The Labute approximate surface area is 119 Å². The van der Waals surface area contributed by atoms with Gasteiger partial charge in [-0.25, -0.2) is 0 Å². The summed E-state index contributed by atoms with van der Waals surface area (Å²) in [6.07, 6.45) is 3.61. The van der Waals surface area contributed by atoms with Gasteiger partial charge in [-0.3, -0.25) is 14.2 Å². The molecule has 2 heterocycles. The predicted octanol–water partition coefficient (Wildman–Crippen LogP) is 1.64. The van der Waals surface area contributed by atoms with E-state index in [0.717, 1.165) is 22.4 Å². The van der Waals surface area contributed by atoms with Crippen LogP contribution in [0.25, 0.3) is 0 Å². The molecule has 1 amide bonds. The minimum atomic E-state index is -0.136. The van der Waals surface area contributed by atoms with E-state index >= 15 is 0 Å². The Morgan fingerprint density at radius 3 is 2.68 bits per heavy atom. The van der Waals surface area contributed by atoms with E-state index in [4.69, 9.17) is 0 Å². The second kappa shape index (κ2) is 5.56. The van der Waals surface area contributed by atoms with E-state index in [0.29, 0.717) is 12.1 Å². The van der Waals surface area contributed by atoms with E-state index < -0.39 is 0 Å². The summed E-state index contributed by atoms with van der Waals surface area (Å²) in [5, 5.41) is 11.4. The molecule has 0 spiro atoms. The Morgan fingerprint density at radius 2 is 2.16 bits per heavy atom. The van der Waals surface area contributed by atoms with Crippen molar-refractivity contribution in [3.8, 4) is 0 Å². The van der Waals surface area contributed by atoms with Gasteiger partial charge in [0.05, 0.1) is 28.0 Å². The summed E-state index contributed by atoms with van der Waals surface area (Å²) in [5.74, 6) is -0.136. The number of halogens is 1. The highest BCUT2D eigenvalue weighted by Gasteiger charge is 2.13. The van der Waals surface area contributed by atoms with Crippen LogP contribution in [0.15, 0.2) is 16.9 Å². The van der Waals surface area contributed by atoms with Gasteiger partial charge in [-0.1, -0.05) is 0 Å². The monoisotopic (exact) mass is 325 g/mol. The molecule has 0 saturated carbocycles. The van der Waals surface area contributed by atoms with Crippen molar-refractivity contribution in [3.63, 3.8) is 0 Å². The summed E-state index contributed by atoms with van der Waals surface area (Å²) in [5.41, 5.74) is 2.13. The third-order valence-corrected chi connectivity index (χ3v) is 3.45. The molecular formula is C12H16BrN5O. The van der Waals surface area contributed by atoms with Crippen LogP contribution in [0.4, 0.5) is 0 Å². The van der Waals surface area contributed by atoms with Crippen LogP contribution < -0.4 is 5.32 Å². The van der Waals surface area contributed by atoms with Crippen LogP contribution in [0.3, 0.4) is 0 Å². The fraction of sp³-hybridized carbons (Fsp3) is 0.417. The molecule has 0 aliphatic carbocycles. The standard InChI is InChI=1S/C12H16BrN5O/c1-4-18-7-10(13)11(16-18)5-14-12(19)9-6-17(3)15-8(9)2/h6-7H,4-5H2,1-3H3,(H,14,19). The van der Waals surface area contributed by atoms with E-state index in [2.05, 4.69) is 31.4 Å². The molecule has 0 bridgehead atoms. The number of carbonyl (C=O) groups is 1. The van der Waals surface area contributed by atoms with Gasteiger partial charge >= 0.3 is 0 Å². The van der Waals surface area contributed by atoms with E-state index in [-0.39, 0.29) is 5.91 Å². The molecule has 1 N–H and O–H groups in total. The quantitative estimate of drug-likeness (QED) is 0.929. The molecule has 2 aromatic heterocycles. The number of hydrogen-bond acceptors (Lipinski definition) is 3. The van der Waals surface area contributed by atoms with Gasteiger partial charge in [0.2, 0.25) is 0 Å². The highest BCUT2D eigenvalue weighted by atomic mass is 79.9. The van der Waals surface area contributed by atoms with E-state index in [1.54, 1.807) is 17.9 Å². The first kappa shape index (κ1) is 13.8. The first-order valence-electron chi connectivity index (χ1n) is 6.01. The lowest BCUT2D eigenvalue weighted by atomic mass is 10.2. The van der Waals surface area contributed by atoms with Crippen molar-refractivity contribution in [2.45, 2.75) is 26.9 Å². The SMILES string of the molecule is CCn1cc(Br)c(CNC(=O)c2cn(C)nc2C)n1. The average molecular weight is 326 g/mol. The summed E-state index contributed by atoms with van der Waals surface area (Å²) in [7, 11) is 1.79. The molecule has 0 radical (unpaired) electrons. The Hall–Kier alpha value is -1.63. The zero-order chi connectivity index (χ0) is 14.0. The summed E-state index contributed by atoms with van der Waals surface area (Å²) in [6, 6.07) is 0. The van der Waals surface area contributed by atoms with Crippen molar-refractivity contribution in [2.75, 3.05) is 0 Å². The number of amides is 1. The summed E-state index contributed by atoms with van der Waals surface area (Å²) >= 11 is 3.43. The zero-order valence-corrected chi connectivity index (χ0v) is 12.7. The smallest absolute Gasteiger partial charge is 0.255 e. The topological polar surface area (TPSA) is 64.7 Å². The third kappa shape index (κ3) is 3.04. The lowest BCUT2D eigenvalue weighted by Gasteiger charge is -2.02. The fourth-order valence-corrected chi connectivity index (χ4v) is 2.26. The zero-order valence-electron chi connectivity index (χ0n) is 11.1. The Morgan fingerprint density at radius 1 is 1.42 bits per heavy atom. The highest BCUT2D eigenvalue weighted by molar-refractivity contribution is 9.10. The second-order valence-electron chi connectivity index (χ2n) is 4.26. The molecule has 0 aliphatic rings. The molecule has 2 aromatic rings. The van der Waals surface area contributed by atoms with Gasteiger partial charge in [-0.2, -0.15) is 10.2 Å². The van der Waals surface area contributed by atoms with Crippen molar-refractivity contribution in [1.29, 1.82) is 0 Å². The predicted molar refractivity (Wildman–Crippen MR) is 74.7 cm³/mol. The lowest BCUT2D eigenvalue weighted by Crippen LogP contribution is -2.23. The van der Waals surface area contributed by atoms with Crippen LogP contribution in [-0.2, 0) is 20.1 Å². The highest BCUT2D eigenvalue weighted by Crippen LogP contribution is 2.15. The first-order chi connectivity index (χ1) is 9.01. The van der Waals surface area contributed by atoms with E-state index in [1.807, 2.05) is 24.7 Å². The molecule has 102 valence electrons. The van der Waals surface area contributed by atoms with Gasteiger partial charge in [0, 0.05) is 26.0 Å². The number of carbonyl (C=O) groups excluding carboxylic acids is 1. The number of nitrogens with one attached hydrogen (secondary N) is 1. The molecule has 0 unspecified atom stereocenters. The average Bonchev–Trinajstić information content (AvgIpc) is 2.89. The maximum atomic E-state index is 12.0. The number of hydrogen-bond donors (Lipinski definition) is 1. The van der Waals surface area contributed by atoms with E-state index in [1.165, 1.54) is 0 Å². The van der Waals surface area contributed by atoms with Crippen LogP contribution in [-0.4, -0.2) is 25.5 Å². The first-order valence-corrected chi connectivity index (χ1v) is 6.80. The van der Waals surface area contributed by atoms with Gasteiger partial charge in [-0.15, -0.1) is 0 Å². The summed E-state index contributed by atoms with van der Waals surface area (Å²) < 4.78 is 4.35. The lowest BCUT2D eigenvalue weighted by molar-refractivity contribution is 0.0949. The Balaban J connectivity index is 2.04. The number of aromatic nitrogens is 4. The van der Waals surface area contributed by atoms with Crippen molar-refractivity contribution in [3.05, 3.63) is 33.8 Å². The van der Waals surface area contributed by atoms with Gasteiger partial charge < -0.3 is 5.32 Å². The minimum absolute atomic E-state index is 0.136. The molecule has 2 rings (SSSR count). The van der Waals surface area contributed by atoms with Crippen LogP contribution in [0, 0.1) is 6.92 Å². The van der Waals surface area contributed by atoms with Gasteiger partial charge in [0.1, 0.15) is 0 Å². The molecule has 0 saturated heterocycles. The van der Waals surface area contributed by atoms with Crippen LogP contribution >= 0.6 is 15.9 Å². The van der Waals surface area contributed by atoms with Crippen molar-refractivity contribution >= 4 is 21.8 Å². The maximum Gasteiger partial charge on any atom is 0.255 e. The third-order valence-electron chi connectivity index (χ3n) is 2.79. The number of nitrogens with zero attached hydrogens (tertiary/aromatic N) is 4. The van der Waals surface area contributed by atoms with Crippen LogP contribution in [0.5, 0.6) is 0 Å². The number of rotatable bonds is 4. The normalized spacial score (nSPS) is 10.7. The Kier molecular flexibility index (Phi) is 4.04. The molecule has 0 aromatic carbocycles. The maximum absolute atomic E-state index is 12.0. The second-order valence-corrected chi connectivity index (χ2v) is 5.12. The van der Waals surface area contributed by atoms with Crippen LogP contribution in [0.2, 0.25) is 0 Å². The minimum Gasteiger partial charge on any atom is -0.346 e. The number of aryl methyl sites for hydroxylation is 3. The molecular weight excluding hydrogens is 310 g/mol. The van der Waals surface area contributed by atoms with Crippen molar-refractivity contribution in [2.24, 2.45) is 7.05 Å². The molecule has 0 fully saturated rings. The Bertz CT molecular complexity index is 601. The fourth-order valence-electron chi connectivity index (χ4n) is 1.80. The summed E-state index contributed by atoms with van der Waals surface area (Å²) in [4.78, 5) is 12.0.